The fourth-order valence-corrected chi connectivity index (χ4v) is 1.78. The highest BCUT2D eigenvalue weighted by Crippen LogP contribution is 2.16. The van der Waals surface area contributed by atoms with Crippen molar-refractivity contribution in [1.82, 2.24) is 0 Å². The molecule has 0 bridgehead atoms. The van der Waals surface area contributed by atoms with E-state index in [4.69, 9.17) is 5.11 Å². The van der Waals surface area contributed by atoms with E-state index in [9.17, 15) is 4.79 Å². The van der Waals surface area contributed by atoms with Crippen LogP contribution in [0.25, 0.3) is 0 Å². The standard InChI is InChI=1S/C9H9IO2/c1-6-3-2-4-7(5-10)8(6)9(11)12/h2-4H,5H2,1H3,(H,11,12). The predicted octanol–water partition coefficient (Wildman–Crippen LogP) is 2.63. The number of carboxylic acid groups (broad SMARTS) is 1. The van der Waals surface area contributed by atoms with E-state index in [2.05, 4.69) is 22.6 Å². The van der Waals surface area contributed by atoms with Gasteiger partial charge in [-0.15, -0.1) is 0 Å². The van der Waals surface area contributed by atoms with Crippen molar-refractivity contribution in [3.05, 3.63) is 34.9 Å². The first-order chi connectivity index (χ1) is 5.66. The Hall–Kier alpha value is -0.580. The van der Waals surface area contributed by atoms with Crippen LogP contribution in [0.5, 0.6) is 0 Å². The molecule has 0 fully saturated rings. The van der Waals surface area contributed by atoms with E-state index in [-0.39, 0.29) is 0 Å². The molecule has 0 saturated carbocycles. The topological polar surface area (TPSA) is 37.3 Å². The number of carboxylic acids is 1. The van der Waals surface area contributed by atoms with E-state index in [0.717, 1.165) is 15.6 Å². The first kappa shape index (κ1) is 9.51. The molecule has 0 aromatic heterocycles. The van der Waals surface area contributed by atoms with Gasteiger partial charge in [0.25, 0.3) is 0 Å². The van der Waals surface area contributed by atoms with Gasteiger partial charge in [-0.3, -0.25) is 0 Å². The zero-order chi connectivity index (χ0) is 9.14. The van der Waals surface area contributed by atoms with Crippen LogP contribution < -0.4 is 0 Å². The summed E-state index contributed by atoms with van der Waals surface area (Å²) >= 11 is 2.17. The average Bonchev–Trinajstić information content (AvgIpc) is 2.03. The first-order valence-corrected chi connectivity index (χ1v) is 5.07. The lowest BCUT2D eigenvalue weighted by atomic mass is 10.0. The Bertz CT molecular complexity index is 307. The van der Waals surface area contributed by atoms with Gasteiger partial charge in [0.1, 0.15) is 0 Å². The summed E-state index contributed by atoms with van der Waals surface area (Å²) in [7, 11) is 0. The van der Waals surface area contributed by atoms with E-state index >= 15 is 0 Å². The normalized spacial score (nSPS) is 9.83. The second-order valence-corrected chi connectivity index (χ2v) is 3.31. The van der Waals surface area contributed by atoms with Gasteiger partial charge in [-0.25, -0.2) is 4.79 Å². The van der Waals surface area contributed by atoms with Gasteiger partial charge in [0.05, 0.1) is 5.56 Å². The van der Waals surface area contributed by atoms with Crippen molar-refractivity contribution in [2.24, 2.45) is 0 Å². The van der Waals surface area contributed by atoms with E-state index in [1.165, 1.54) is 0 Å². The van der Waals surface area contributed by atoms with Crippen LogP contribution in [-0.4, -0.2) is 11.1 Å². The molecule has 12 heavy (non-hydrogen) atoms. The van der Waals surface area contributed by atoms with Crippen molar-refractivity contribution in [2.75, 3.05) is 0 Å². The molecule has 0 aliphatic heterocycles. The summed E-state index contributed by atoms with van der Waals surface area (Å²) in [6.45, 7) is 1.82. The molecule has 1 aromatic rings. The van der Waals surface area contributed by atoms with Crippen LogP contribution in [0.1, 0.15) is 21.5 Å². The van der Waals surface area contributed by atoms with Crippen LogP contribution >= 0.6 is 22.6 Å². The van der Waals surface area contributed by atoms with Crippen molar-refractivity contribution in [2.45, 2.75) is 11.4 Å². The van der Waals surface area contributed by atoms with Crippen molar-refractivity contribution < 1.29 is 9.90 Å². The average molecular weight is 276 g/mol. The summed E-state index contributed by atoms with van der Waals surface area (Å²) in [5.74, 6) is -0.834. The Morgan fingerprint density at radius 2 is 2.25 bits per heavy atom. The third kappa shape index (κ3) is 1.77. The van der Waals surface area contributed by atoms with Crippen LogP contribution in [0.4, 0.5) is 0 Å². The van der Waals surface area contributed by atoms with Gasteiger partial charge < -0.3 is 5.11 Å². The van der Waals surface area contributed by atoms with Crippen molar-refractivity contribution in [3.8, 4) is 0 Å². The second-order valence-electron chi connectivity index (χ2n) is 2.55. The van der Waals surface area contributed by atoms with E-state index in [1.807, 2.05) is 25.1 Å². The number of hydrogen-bond acceptors (Lipinski definition) is 1. The van der Waals surface area contributed by atoms with Gasteiger partial charge in [0.15, 0.2) is 0 Å². The molecule has 64 valence electrons. The number of rotatable bonds is 2. The van der Waals surface area contributed by atoms with Crippen LogP contribution in [0.3, 0.4) is 0 Å². The van der Waals surface area contributed by atoms with Gasteiger partial charge in [0.2, 0.25) is 0 Å². The van der Waals surface area contributed by atoms with Gasteiger partial charge in [-0.2, -0.15) is 0 Å². The molecule has 2 nitrogen and oxygen atoms in total. The lowest BCUT2D eigenvalue weighted by Crippen LogP contribution is -2.03. The third-order valence-electron chi connectivity index (χ3n) is 1.72. The number of halogens is 1. The van der Waals surface area contributed by atoms with Crippen LogP contribution in [0.15, 0.2) is 18.2 Å². The zero-order valence-corrected chi connectivity index (χ0v) is 8.83. The molecule has 0 saturated heterocycles. The summed E-state index contributed by atoms with van der Waals surface area (Å²) in [5, 5.41) is 8.87. The SMILES string of the molecule is Cc1cccc(CI)c1C(=O)O. The number of aromatic carboxylic acids is 1. The fraction of sp³-hybridized carbons (Fsp3) is 0.222. The minimum Gasteiger partial charge on any atom is -0.478 e. The van der Waals surface area contributed by atoms with Crippen LogP contribution in [0, 0.1) is 6.92 Å². The van der Waals surface area contributed by atoms with Gasteiger partial charge in [-0.05, 0) is 18.1 Å². The minimum atomic E-state index is -0.834. The molecule has 0 radical (unpaired) electrons. The number of alkyl halides is 1. The Kier molecular flexibility index (Phi) is 3.08. The maximum Gasteiger partial charge on any atom is 0.336 e. The highest BCUT2D eigenvalue weighted by molar-refractivity contribution is 14.1. The quantitative estimate of drug-likeness (QED) is 0.666. The number of aryl methyl sites for hydroxylation is 1. The van der Waals surface area contributed by atoms with Crippen LogP contribution in [-0.2, 0) is 4.43 Å². The summed E-state index contributed by atoms with van der Waals surface area (Å²) in [6.07, 6.45) is 0. The van der Waals surface area contributed by atoms with Crippen LogP contribution in [0.2, 0.25) is 0 Å². The van der Waals surface area contributed by atoms with Crippen molar-refractivity contribution in [1.29, 1.82) is 0 Å². The second kappa shape index (κ2) is 3.89. The Balaban J connectivity index is 3.29. The smallest absolute Gasteiger partial charge is 0.336 e. The van der Waals surface area contributed by atoms with E-state index in [1.54, 1.807) is 0 Å². The van der Waals surface area contributed by atoms with E-state index < -0.39 is 5.97 Å². The van der Waals surface area contributed by atoms with E-state index in [0.29, 0.717) is 5.56 Å². The highest BCUT2D eigenvalue weighted by Gasteiger charge is 2.10. The molecular formula is C9H9IO2. The lowest BCUT2D eigenvalue weighted by molar-refractivity contribution is 0.0695. The molecule has 1 rings (SSSR count). The molecule has 0 aliphatic carbocycles. The Labute approximate surface area is 84.7 Å². The molecule has 0 spiro atoms. The summed E-state index contributed by atoms with van der Waals surface area (Å²) in [5.41, 5.74) is 2.17. The van der Waals surface area contributed by atoms with Gasteiger partial charge in [0, 0.05) is 4.43 Å². The Morgan fingerprint density at radius 3 is 2.67 bits per heavy atom. The highest BCUT2D eigenvalue weighted by atomic mass is 127. The monoisotopic (exact) mass is 276 g/mol. The molecule has 0 atom stereocenters. The largest absolute Gasteiger partial charge is 0.478 e. The number of benzene rings is 1. The minimum absolute atomic E-state index is 0.451. The maximum absolute atomic E-state index is 10.8. The molecule has 1 N–H and O–H groups in total. The first-order valence-electron chi connectivity index (χ1n) is 3.54. The number of hydrogen-bond donors (Lipinski definition) is 1. The maximum atomic E-state index is 10.8. The lowest BCUT2D eigenvalue weighted by Gasteiger charge is -2.04. The molecule has 0 heterocycles. The van der Waals surface area contributed by atoms with Crippen molar-refractivity contribution >= 4 is 28.6 Å². The molecule has 1 aromatic carbocycles. The van der Waals surface area contributed by atoms with Gasteiger partial charge in [-0.1, -0.05) is 40.8 Å². The summed E-state index contributed by atoms with van der Waals surface area (Å²) in [6, 6.07) is 5.55. The third-order valence-corrected chi connectivity index (χ3v) is 2.54. The molecule has 3 heteroatoms. The molecule has 0 aliphatic rings. The predicted molar refractivity (Wildman–Crippen MR) is 55.9 cm³/mol. The van der Waals surface area contributed by atoms with Gasteiger partial charge >= 0.3 is 5.97 Å². The number of carbonyl (C=O) groups is 1. The molecule has 0 amide bonds. The fourth-order valence-electron chi connectivity index (χ4n) is 1.15. The summed E-state index contributed by atoms with van der Waals surface area (Å²) in [4.78, 5) is 10.8. The molecule has 0 unspecified atom stereocenters. The summed E-state index contributed by atoms with van der Waals surface area (Å²) < 4.78 is 0.737. The Morgan fingerprint density at radius 1 is 1.58 bits per heavy atom. The van der Waals surface area contributed by atoms with Crippen molar-refractivity contribution in [3.63, 3.8) is 0 Å². The molecular weight excluding hydrogens is 267 g/mol. The zero-order valence-electron chi connectivity index (χ0n) is 6.67.